The normalized spacial score (nSPS) is 12.8. The number of halogens is 1. The summed E-state index contributed by atoms with van der Waals surface area (Å²) >= 11 is 1.64. The van der Waals surface area contributed by atoms with E-state index in [0.29, 0.717) is 0 Å². The quantitative estimate of drug-likeness (QED) is 0.748. The lowest BCUT2D eigenvalue weighted by Gasteiger charge is -2.09. The van der Waals surface area contributed by atoms with Crippen LogP contribution in [0.25, 0.3) is 10.1 Å². The van der Waals surface area contributed by atoms with Crippen molar-refractivity contribution in [3.8, 4) is 0 Å². The zero-order valence-electron chi connectivity index (χ0n) is 11.3. The first-order valence-electron chi connectivity index (χ1n) is 6.62. The molecule has 0 fully saturated rings. The minimum Gasteiger partial charge on any atom is -0.323 e. The van der Waals surface area contributed by atoms with Gasteiger partial charge < -0.3 is 5.73 Å². The number of nitrogens with two attached hydrogens (primary N) is 1. The second kappa shape index (κ2) is 5.35. The van der Waals surface area contributed by atoms with Gasteiger partial charge in [0.15, 0.2) is 0 Å². The van der Waals surface area contributed by atoms with Gasteiger partial charge in [0.2, 0.25) is 0 Å². The van der Waals surface area contributed by atoms with Crippen LogP contribution in [-0.4, -0.2) is 0 Å². The van der Waals surface area contributed by atoms with Crippen molar-refractivity contribution >= 4 is 21.4 Å². The first-order valence-corrected chi connectivity index (χ1v) is 7.43. The van der Waals surface area contributed by atoms with Crippen molar-refractivity contribution in [2.75, 3.05) is 0 Å². The Bertz CT molecular complexity index is 730. The van der Waals surface area contributed by atoms with E-state index in [2.05, 4.69) is 31.2 Å². The molecule has 3 rings (SSSR count). The first kappa shape index (κ1) is 13.3. The molecule has 1 aromatic heterocycles. The predicted molar refractivity (Wildman–Crippen MR) is 83.6 cm³/mol. The van der Waals surface area contributed by atoms with Crippen LogP contribution in [0.2, 0.25) is 0 Å². The molecule has 0 aliphatic heterocycles. The summed E-state index contributed by atoms with van der Waals surface area (Å²) in [5, 5.41) is 0.935. The van der Waals surface area contributed by atoms with E-state index in [1.807, 2.05) is 12.1 Å². The molecular formula is C17H16FNS. The lowest BCUT2D eigenvalue weighted by Crippen LogP contribution is -2.11. The fourth-order valence-electron chi connectivity index (χ4n) is 2.30. The summed E-state index contributed by atoms with van der Waals surface area (Å²) in [5.41, 5.74) is 8.76. The van der Waals surface area contributed by atoms with Crippen molar-refractivity contribution in [3.05, 3.63) is 70.4 Å². The number of aryl methyl sites for hydroxylation is 1. The number of rotatable bonds is 3. The Morgan fingerprint density at radius 1 is 1.10 bits per heavy atom. The molecule has 0 radical (unpaired) electrons. The van der Waals surface area contributed by atoms with Gasteiger partial charge >= 0.3 is 0 Å². The van der Waals surface area contributed by atoms with E-state index >= 15 is 0 Å². The maximum Gasteiger partial charge on any atom is 0.123 e. The highest BCUT2D eigenvalue weighted by molar-refractivity contribution is 7.19. The largest absolute Gasteiger partial charge is 0.323 e. The molecule has 0 aliphatic rings. The molecule has 0 amide bonds. The number of fused-ring (bicyclic) bond motifs is 1. The summed E-state index contributed by atoms with van der Waals surface area (Å²) in [7, 11) is 0. The molecule has 0 aliphatic carbocycles. The van der Waals surface area contributed by atoms with Gasteiger partial charge in [0, 0.05) is 15.6 Å². The van der Waals surface area contributed by atoms with Crippen molar-refractivity contribution in [1.29, 1.82) is 0 Å². The molecule has 0 bridgehead atoms. The summed E-state index contributed by atoms with van der Waals surface area (Å²) in [6, 6.07) is 15.3. The molecule has 1 atom stereocenters. The molecule has 1 heterocycles. The Morgan fingerprint density at radius 3 is 2.60 bits per heavy atom. The first-order chi connectivity index (χ1) is 9.61. The third-order valence-corrected chi connectivity index (χ3v) is 4.69. The molecular weight excluding hydrogens is 269 g/mol. The standard InChI is InChI=1S/C17H16FNS/c1-11-2-4-12(5-3-11)8-15(19)17-10-13-9-14(18)6-7-16(13)20-17/h2-7,9-10,15H,8,19H2,1H3. The van der Waals surface area contributed by atoms with Crippen LogP contribution in [0.3, 0.4) is 0 Å². The molecule has 102 valence electrons. The van der Waals surface area contributed by atoms with Gasteiger partial charge in [-0.1, -0.05) is 29.8 Å². The molecule has 1 unspecified atom stereocenters. The third kappa shape index (κ3) is 2.74. The van der Waals surface area contributed by atoms with Crippen LogP contribution in [0.5, 0.6) is 0 Å². The highest BCUT2D eigenvalue weighted by Gasteiger charge is 2.11. The summed E-state index contributed by atoms with van der Waals surface area (Å²) in [6.45, 7) is 2.07. The van der Waals surface area contributed by atoms with Crippen molar-refractivity contribution < 1.29 is 4.39 Å². The van der Waals surface area contributed by atoms with Gasteiger partial charge in [-0.15, -0.1) is 11.3 Å². The van der Waals surface area contributed by atoms with E-state index in [4.69, 9.17) is 5.73 Å². The zero-order valence-corrected chi connectivity index (χ0v) is 12.1. The highest BCUT2D eigenvalue weighted by atomic mass is 32.1. The fourth-order valence-corrected chi connectivity index (χ4v) is 3.34. The molecule has 1 nitrogen and oxygen atoms in total. The third-order valence-electron chi connectivity index (χ3n) is 3.44. The van der Waals surface area contributed by atoms with E-state index in [-0.39, 0.29) is 11.9 Å². The smallest absolute Gasteiger partial charge is 0.123 e. The molecule has 3 heteroatoms. The average Bonchev–Trinajstić information content (AvgIpc) is 2.84. The van der Waals surface area contributed by atoms with Gasteiger partial charge in [-0.25, -0.2) is 4.39 Å². The van der Waals surface area contributed by atoms with Gasteiger partial charge in [-0.05, 0) is 48.6 Å². The summed E-state index contributed by atoms with van der Waals surface area (Å²) in [4.78, 5) is 1.10. The average molecular weight is 285 g/mol. The van der Waals surface area contributed by atoms with Crippen LogP contribution in [0.15, 0.2) is 48.5 Å². The van der Waals surface area contributed by atoms with Gasteiger partial charge in [0.1, 0.15) is 5.82 Å². The minimum atomic E-state index is -0.200. The molecule has 0 saturated heterocycles. The van der Waals surface area contributed by atoms with E-state index in [9.17, 15) is 4.39 Å². The van der Waals surface area contributed by atoms with Crippen LogP contribution < -0.4 is 5.73 Å². The van der Waals surface area contributed by atoms with Crippen LogP contribution in [0.1, 0.15) is 22.0 Å². The molecule has 2 aromatic carbocycles. The van der Waals surface area contributed by atoms with Gasteiger partial charge in [0.25, 0.3) is 0 Å². The predicted octanol–water partition coefficient (Wildman–Crippen LogP) is 4.59. The maximum absolute atomic E-state index is 13.2. The molecule has 0 saturated carbocycles. The lowest BCUT2D eigenvalue weighted by molar-refractivity contribution is 0.630. The Balaban J connectivity index is 1.84. The topological polar surface area (TPSA) is 26.0 Å². The van der Waals surface area contributed by atoms with Crippen molar-refractivity contribution in [1.82, 2.24) is 0 Å². The van der Waals surface area contributed by atoms with Crippen LogP contribution in [-0.2, 0) is 6.42 Å². The molecule has 0 spiro atoms. The van der Waals surface area contributed by atoms with Crippen LogP contribution >= 0.6 is 11.3 Å². The fraction of sp³-hybridized carbons (Fsp3) is 0.176. The Morgan fingerprint density at radius 2 is 1.85 bits per heavy atom. The number of hydrogen-bond donors (Lipinski definition) is 1. The van der Waals surface area contributed by atoms with Crippen molar-refractivity contribution in [2.24, 2.45) is 5.73 Å². The molecule has 20 heavy (non-hydrogen) atoms. The van der Waals surface area contributed by atoms with E-state index in [1.54, 1.807) is 17.4 Å². The van der Waals surface area contributed by atoms with Gasteiger partial charge in [0.05, 0.1) is 0 Å². The zero-order chi connectivity index (χ0) is 14.1. The second-order valence-corrected chi connectivity index (χ2v) is 6.24. The number of hydrogen-bond acceptors (Lipinski definition) is 2. The summed E-state index contributed by atoms with van der Waals surface area (Å²) in [5.74, 6) is -0.200. The van der Waals surface area contributed by atoms with E-state index < -0.39 is 0 Å². The number of thiophene rings is 1. The maximum atomic E-state index is 13.2. The Kier molecular flexibility index (Phi) is 3.55. The SMILES string of the molecule is Cc1ccc(CC(N)c2cc3cc(F)ccc3s2)cc1. The minimum absolute atomic E-state index is 0.0434. The van der Waals surface area contributed by atoms with E-state index in [0.717, 1.165) is 21.4 Å². The highest BCUT2D eigenvalue weighted by Crippen LogP contribution is 2.30. The van der Waals surface area contributed by atoms with E-state index in [1.165, 1.54) is 17.2 Å². The monoisotopic (exact) mass is 285 g/mol. The molecule has 2 N–H and O–H groups in total. The van der Waals surface area contributed by atoms with Crippen LogP contribution in [0, 0.1) is 12.7 Å². The number of benzene rings is 2. The Labute approximate surface area is 121 Å². The Hall–Kier alpha value is -1.71. The summed E-state index contributed by atoms with van der Waals surface area (Å²) < 4.78 is 14.3. The van der Waals surface area contributed by atoms with Crippen LogP contribution in [0.4, 0.5) is 4.39 Å². The van der Waals surface area contributed by atoms with Crippen molar-refractivity contribution in [2.45, 2.75) is 19.4 Å². The van der Waals surface area contributed by atoms with Gasteiger partial charge in [-0.3, -0.25) is 0 Å². The van der Waals surface area contributed by atoms with Gasteiger partial charge in [-0.2, -0.15) is 0 Å². The second-order valence-electron chi connectivity index (χ2n) is 5.13. The lowest BCUT2D eigenvalue weighted by atomic mass is 10.0. The molecule has 3 aromatic rings. The summed E-state index contributed by atoms with van der Waals surface area (Å²) in [6.07, 6.45) is 0.801. The van der Waals surface area contributed by atoms with Crippen molar-refractivity contribution in [3.63, 3.8) is 0 Å².